The van der Waals surface area contributed by atoms with Gasteiger partial charge in [-0.2, -0.15) is 0 Å². The molecule has 2 N–H and O–H groups in total. The van der Waals surface area contributed by atoms with Crippen LogP contribution < -0.4 is 10.6 Å². The highest BCUT2D eigenvalue weighted by Gasteiger charge is 2.17. The molecule has 31 heavy (non-hydrogen) atoms. The Morgan fingerprint density at radius 2 is 1.94 bits per heavy atom. The first-order chi connectivity index (χ1) is 15.0. The second-order valence-electron chi connectivity index (χ2n) is 6.71. The van der Waals surface area contributed by atoms with Crippen LogP contribution in [0.5, 0.6) is 0 Å². The summed E-state index contributed by atoms with van der Waals surface area (Å²) in [4.78, 5) is 24.6. The fraction of sp³-hybridized carbons (Fsp3) is 0.182. The van der Waals surface area contributed by atoms with Crippen molar-refractivity contribution in [2.75, 3.05) is 16.4 Å². The summed E-state index contributed by atoms with van der Waals surface area (Å²) in [7, 11) is 0. The number of hydrogen-bond acceptors (Lipinski definition) is 5. The van der Waals surface area contributed by atoms with Gasteiger partial charge in [0.1, 0.15) is 11.6 Å². The molecule has 1 aromatic heterocycles. The molecule has 0 unspecified atom stereocenters. The van der Waals surface area contributed by atoms with Gasteiger partial charge in [0.25, 0.3) is 0 Å². The van der Waals surface area contributed by atoms with E-state index in [-0.39, 0.29) is 23.8 Å². The highest BCUT2D eigenvalue weighted by Crippen LogP contribution is 2.19. The van der Waals surface area contributed by atoms with Crippen LogP contribution in [0.4, 0.5) is 15.8 Å². The summed E-state index contributed by atoms with van der Waals surface area (Å²) < 4.78 is 15.5. The minimum Gasteiger partial charge on any atom is -0.325 e. The normalized spacial score (nSPS) is 10.5. The van der Waals surface area contributed by atoms with Crippen molar-refractivity contribution in [3.05, 3.63) is 78.4 Å². The molecule has 9 heteroatoms. The molecule has 0 atom stereocenters. The van der Waals surface area contributed by atoms with E-state index >= 15 is 0 Å². The van der Waals surface area contributed by atoms with Crippen molar-refractivity contribution >= 4 is 35.0 Å². The topological polar surface area (TPSA) is 88.9 Å². The van der Waals surface area contributed by atoms with Crippen LogP contribution in [0.1, 0.15) is 11.4 Å². The van der Waals surface area contributed by atoms with Crippen molar-refractivity contribution in [1.29, 1.82) is 0 Å². The van der Waals surface area contributed by atoms with E-state index in [1.165, 1.54) is 23.9 Å². The zero-order valence-corrected chi connectivity index (χ0v) is 17.8. The molecule has 160 valence electrons. The number of hydrogen-bond donors (Lipinski definition) is 2. The van der Waals surface area contributed by atoms with E-state index in [9.17, 15) is 14.0 Å². The van der Waals surface area contributed by atoms with Crippen LogP contribution in [-0.4, -0.2) is 32.3 Å². The maximum atomic E-state index is 13.7. The minimum absolute atomic E-state index is 0.0920. The van der Waals surface area contributed by atoms with Crippen LogP contribution in [0.2, 0.25) is 0 Å². The maximum Gasteiger partial charge on any atom is 0.234 e. The monoisotopic (exact) mass is 439 g/mol. The first-order valence-electron chi connectivity index (χ1n) is 9.53. The van der Waals surface area contributed by atoms with Crippen LogP contribution >= 0.6 is 11.8 Å². The molecule has 0 radical (unpaired) electrons. The number of nitrogens with zero attached hydrogens (tertiary/aromatic N) is 3. The highest BCUT2D eigenvalue weighted by atomic mass is 32.2. The highest BCUT2D eigenvalue weighted by molar-refractivity contribution is 7.99. The molecule has 0 bridgehead atoms. The quantitative estimate of drug-likeness (QED) is 0.391. The largest absolute Gasteiger partial charge is 0.325 e. The number of aryl methyl sites for hydroxylation is 1. The molecule has 3 aromatic rings. The van der Waals surface area contributed by atoms with Crippen molar-refractivity contribution in [2.24, 2.45) is 0 Å². The molecular weight excluding hydrogens is 417 g/mol. The summed E-state index contributed by atoms with van der Waals surface area (Å²) in [6, 6.07) is 13.5. The number of anilines is 2. The van der Waals surface area contributed by atoms with Crippen LogP contribution in [0.15, 0.2) is 66.3 Å². The number of thioether (sulfide) groups is 1. The third kappa shape index (κ3) is 6.26. The Morgan fingerprint density at radius 1 is 1.13 bits per heavy atom. The van der Waals surface area contributed by atoms with E-state index in [4.69, 9.17) is 0 Å². The van der Waals surface area contributed by atoms with E-state index in [1.807, 2.05) is 31.2 Å². The standard InChI is InChI=1S/C22H22FN5O2S/c1-3-11-28-19(13-20(29)25-18-10-5-4-9-17(18)23)26-27-22(28)31-14-21(30)24-16-8-6-7-15(2)12-16/h3-10,12H,1,11,13-14H2,2H3,(H,24,30)(H,25,29). The van der Waals surface area contributed by atoms with Gasteiger partial charge in [-0.3, -0.25) is 9.59 Å². The number of carbonyl (C=O) groups is 2. The van der Waals surface area contributed by atoms with Crippen LogP contribution in [0, 0.1) is 12.7 Å². The van der Waals surface area contributed by atoms with Crippen LogP contribution in [0.25, 0.3) is 0 Å². The third-order valence-electron chi connectivity index (χ3n) is 4.21. The van der Waals surface area contributed by atoms with E-state index < -0.39 is 11.7 Å². The third-order valence-corrected chi connectivity index (χ3v) is 5.17. The smallest absolute Gasteiger partial charge is 0.234 e. The summed E-state index contributed by atoms with van der Waals surface area (Å²) in [6.07, 6.45) is 1.56. The number of benzene rings is 2. The fourth-order valence-corrected chi connectivity index (χ4v) is 3.59. The number of aromatic nitrogens is 3. The maximum absolute atomic E-state index is 13.7. The first-order valence-corrected chi connectivity index (χ1v) is 10.5. The van der Waals surface area contributed by atoms with Gasteiger partial charge in [0.15, 0.2) is 5.16 Å². The van der Waals surface area contributed by atoms with E-state index in [0.29, 0.717) is 17.5 Å². The Balaban J connectivity index is 1.63. The molecule has 2 amide bonds. The Morgan fingerprint density at radius 3 is 2.68 bits per heavy atom. The summed E-state index contributed by atoms with van der Waals surface area (Å²) in [5.74, 6) is -0.585. The Hall–Kier alpha value is -3.46. The Bertz CT molecular complexity index is 1100. The molecule has 1 heterocycles. The molecular formula is C22H22FN5O2S. The molecule has 0 fully saturated rings. The fourth-order valence-electron chi connectivity index (χ4n) is 2.82. The molecule has 3 rings (SSSR count). The van der Waals surface area contributed by atoms with Gasteiger partial charge in [-0.1, -0.05) is 42.1 Å². The van der Waals surface area contributed by atoms with Gasteiger partial charge in [-0.25, -0.2) is 4.39 Å². The van der Waals surface area contributed by atoms with Crippen LogP contribution in [-0.2, 0) is 22.6 Å². The molecule has 0 spiro atoms. The molecule has 0 aliphatic carbocycles. The van der Waals surface area contributed by atoms with Gasteiger partial charge in [0.2, 0.25) is 11.8 Å². The first kappa shape index (κ1) is 22.2. The lowest BCUT2D eigenvalue weighted by molar-refractivity contribution is -0.116. The Labute approximate surface area is 183 Å². The Kier molecular flexibility index (Phi) is 7.55. The number of amides is 2. The van der Waals surface area contributed by atoms with Gasteiger partial charge in [0, 0.05) is 12.2 Å². The van der Waals surface area contributed by atoms with Gasteiger partial charge < -0.3 is 15.2 Å². The second-order valence-corrected chi connectivity index (χ2v) is 7.65. The van der Waals surface area contributed by atoms with Gasteiger partial charge >= 0.3 is 0 Å². The van der Waals surface area contributed by atoms with Crippen molar-refractivity contribution in [2.45, 2.75) is 25.0 Å². The van der Waals surface area contributed by atoms with Gasteiger partial charge in [-0.15, -0.1) is 16.8 Å². The lowest BCUT2D eigenvalue weighted by Gasteiger charge is -2.09. The van der Waals surface area contributed by atoms with E-state index in [2.05, 4.69) is 27.4 Å². The zero-order chi connectivity index (χ0) is 22.2. The van der Waals surface area contributed by atoms with Gasteiger partial charge in [-0.05, 0) is 36.8 Å². The number of carbonyl (C=O) groups excluding carboxylic acids is 2. The van der Waals surface area contributed by atoms with Gasteiger partial charge in [0.05, 0.1) is 17.9 Å². The molecule has 2 aromatic carbocycles. The number of rotatable bonds is 9. The minimum atomic E-state index is -0.515. The number of para-hydroxylation sites is 1. The SMILES string of the molecule is C=CCn1c(CC(=O)Nc2ccccc2F)nnc1SCC(=O)Nc1cccc(C)c1. The van der Waals surface area contributed by atoms with Crippen molar-refractivity contribution in [3.8, 4) is 0 Å². The van der Waals surface area contributed by atoms with E-state index in [0.717, 1.165) is 11.3 Å². The zero-order valence-electron chi connectivity index (χ0n) is 17.0. The molecule has 0 saturated heterocycles. The van der Waals surface area contributed by atoms with Crippen molar-refractivity contribution < 1.29 is 14.0 Å². The van der Waals surface area contributed by atoms with Crippen LogP contribution in [0.3, 0.4) is 0 Å². The lowest BCUT2D eigenvalue weighted by Crippen LogP contribution is -2.18. The molecule has 0 saturated carbocycles. The number of nitrogens with one attached hydrogen (secondary N) is 2. The van der Waals surface area contributed by atoms with Crippen molar-refractivity contribution in [3.63, 3.8) is 0 Å². The average Bonchev–Trinajstić information content (AvgIpc) is 3.10. The summed E-state index contributed by atoms with van der Waals surface area (Å²) in [5, 5.41) is 14.0. The predicted molar refractivity (Wildman–Crippen MR) is 119 cm³/mol. The molecule has 0 aliphatic rings. The summed E-state index contributed by atoms with van der Waals surface area (Å²) in [6.45, 7) is 6.04. The van der Waals surface area contributed by atoms with Crippen molar-refractivity contribution in [1.82, 2.24) is 14.8 Å². The second kappa shape index (κ2) is 10.5. The molecule has 0 aliphatic heterocycles. The predicted octanol–water partition coefficient (Wildman–Crippen LogP) is 3.82. The molecule has 7 nitrogen and oxygen atoms in total. The average molecular weight is 440 g/mol. The summed E-state index contributed by atoms with van der Waals surface area (Å²) >= 11 is 1.21. The summed E-state index contributed by atoms with van der Waals surface area (Å²) in [5.41, 5.74) is 1.88. The van der Waals surface area contributed by atoms with E-state index in [1.54, 1.807) is 22.8 Å². The number of allylic oxidation sites excluding steroid dienone is 1. The lowest BCUT2D eigenvalue weighted by atomic mass is 10.2. The number of halogens is 1.